The van der Waals surface area contributed by atoms with Crippen molar-refractivity contribution in [2.75, 3.05) is 13.7 Å². The summed E-state index contributed by atoms with van der Waals surface area (Å²) in [6.07, 6.45) is 3.03. The van der Waals surface area contributed by atoms with Crippen molar-refractivity contribution in [1.29, 1.82) is 0 Å². The molecule has 4 heteroatoms. The minimum absolute atomic E-state index is 0.608. The number of benzene rings is 1. The van der Waals surface area contributed by atoms with Gasteiger partial charge in [-0.3, -0.25) is 0 Å². The van der Waals surface area contributed by atoms with Crippen molar-refractivity contribution in [3.63, 3.8) is 0 Å². The number of hydrogen-bond acceptors (Lipinski definition) is 2. The Kier molecular flexibility index (Phi) is 6.10. The number of methoxy groups -OCH3 is 1. The molecule has 1 rings (SSSR count). The molecule has 2 nitrogen and oxygen atoms in total. The van der Waals surface area contributed by atoms with E-state index in [1.807, 2.05) is 6.07 Å². The van der Waals surface area contributed by atoms with E-state index in [4.69, 9.17) is 33.7 Å². The average molecular weight is 276 g/mol. The Bertz CT molecular complexity index is 369. The van der Waals surface area contributed by atoms with Crippen molar-refractivity contribution in [1.82, 2.24) is 0 Å². The fourth-order valence-electron chi connectivity index (χ4n) is 1.75. The summed E-state index contributed by atoms with van der Waals surface area (Å²) >= 11 is 12.3. The lowest BCUT2D eigenvalue weighted by Gasteiger charge is -2.12. The van der Waals surface area contributed by atoms with Crippen molar-refractivity contribution in [3.8, 4) is 5.75 Å². The molecule has 0 fully saturated rings. The second-order valence-corrected chi connectivity index (χ2v) is 5.11. The molecular formula is C13H19Cl2NO. The van der Waals surface area contributed by atoms with Gasteiger partial charge in [0.2, 0.25) is 0 Å². The number of nitrogens with two attached hydrogens (primary N) is 1. The van der Waals surface area contributed by atoms with Crippen LogP contribution in [-0.4, -0.2) is 13.7 Å². The Labute approximate surface area is 113 Å². The number of aryl methyl sites for hydroxylation is 1. The van der Waals surface area contributed by atoms with E-state index in [0.29, 0.717) is 21.7 Å². The van der Waals surface area contributed by atoms with Crippen LogP contribution in [0.4, 0.5) is 0 Å². The van der Waals surface area contributed by atoms with Crippen LogP contribution in [0.25, 0.3) is 0 Å². The lowest BCUT2D eigenvalue weighted by Crippen LogP contribution is -2.06. The van der Waals surface area contributed by atoms with Crippen LogP contribution in [0, 0.1) is 5.92 Å². The molecule has 1 aromatic rings. The van der Waals surface area contributed by atoms with Crippen LogP contribution in [0.15, 0.2) is 12.1 Å². The largest absolute Gasteiger partial charge is 0.495 e. The molecule has 0 aliphatic rings. The van der Waals surface area contributed by atoms with Crippen LogP contribution < -0.4 is 10.5 Å². The molecule has 0 aliphatic carbocycles. The highest BCUT2D eigenvalue weighted by Crippen LogP contribution is 2.32. The molecule has 1 unspecified atom stereocenters. The highest BCUT2D eigenvalue weighted by atomic mass is 35.5. The highest BCUT2D eigenvalue weighted by Gasteiger charge is 2.09. The highest BCUT2D eigenvalue weighted by molar-refractivity contribution is 6.34. The van der Waals surface area contributed by atoms with E-state index in [9.17, 15) is 0 Å². The standard InChI is InChI=1S/C13H19Cl2NO/c1-9(5-6-16)3-4-10-7-12(15)13(17-2)8-11(10)14/h7-9H,3-6,16H2,1-2H3. The van der Waals surface area contributed by atoms with Gasteiger partial charge >= 0.3 is 0 Å². The quantitative estimate of drug-likeness (QED) is 0.854. The van der Waals surface area contributed by atoms with Crippen molar-refractivity contribution >= 4 is 23.2 Å². The lowest BCUT2D eigenvalue weighted by molar-refractivity contribution is 0.415. The Morgan fingerprint density at radius 3 is 2.53 bits per heavy atom. The summed E-state index contributed by atoms with van der Waals surface area (Å²) in [6, 6.07) is 3.66. The van der Waals surface area contributed by atoms with Gasteiger partial charge in [-0.2, -0.15) is 0 Å². The van der Waals surface area contributed by atoms with E-state index in [2.05, 4.69) is 6.92 Å². The summed E-state index contributed by atoms with van der Waals surface area (Å²) in [5.41, 5.74) is 6.60. The molecule has 0 heterocycles. The topological polar surface area (TPSA) is 35.2 Å². The summed E-state index contributed by atoms with van der Waals surface area (Å²) in [4.78, 5) is 0. The van der Waals surface area contributed by atoms with E-state index >= 15 is 0 Å². The van der Waals surface area contributed by atoms with Crippen molar-refractivity contribution in [3.05, 3.63) is 27.7 Å². The lowest BCUT2D eigenvalue weighted by atomic mass is 9.98. The zero-order valence-electron chi connectivity index (χ0n) is 10.3. The third kappa shape index (κ3) is 4.38. The van der Waals surface area contributed by atoms with Crippen molar-refractivity contribution in [2.24, 2.45) is 11.7 Å². The maximum absolute atomic E-state index is 6.18. The van der Waals surface area contributed by atoms with Crippen LogP contribution in [0.1, 0.15) is 25.3 Å². The van der Waals surface area contributed by atoms with Gasteiger partial charge in [-0.25, -0.2) is 0 Å². The third-order valence-corrected chi connectivity index (χ3v) is 3.53. The smallest absolute Gasteiger partial charge is 0.138 e. The average Bonchev–Trinajstić information content (AvgIpc) is 2.30. The first kappa shape index (κ1) is 14.6. The first-order valence-corrected chi connectivity index (χ1v) is 6.56. The van der Waals surface area contributed by atoms with Crippen LogP contribution in [0.5, 0.6) is 5.75 Å². The molecule has 0 bridgehead atoms. The minimum atomic E-state index is 0.608. The molecular weight excluding hydrogens is 257 g/mol. The first-order valence-electron chi connectivity index (χ1n) is 5.80. The van der Waals surface area contributed by atoms with Gasteiger partial charge in [0, 0.05) is 11.1 Å². The summed E-state index contributed by atoms with van der Waals surface area (Å²) in [5, 5.41) is 1.32. The number of ether oxygens (including phenoxy) is 1. The van der Waals surface area contributed by atoms with E-state index in [1.165, 1.54) is 0 Å². The monoisotopic (exact) mass is 275 g/mol. The molecule has 0 amide bonds. The molecule has 1 aromatic carbocycles. The van der Waals surface area contributed by atoms with Gasteiger partial charge in [-0.1, -0.05) is 30.1 Å². The Hall–Kier alpha value is -0.440. The molecule has 0 spiro atoms. The number of halogens is 2. The SMILES string of the molecule is COc1cc(Cl)c(CCC(C)CCN)cc1Cl. The Morgan fingerprint density at radius 2 is 1.94 bits per heavy atom. The summed E-state index contributed by atoms with van der Waals surface area (Å²) < 4.78 is 5.11. The predicted octanol–water partition coefficient (Wildman–Crippen LogP) is 3.92. The van der Waals surface area contributed by atoms with Crippen LogP contribution in [-0.2, 0) is 6.42 Å². The molecule has 0 aromatic heterocycles. The zero-order chi connectivity index (χ0) is 12.8. The van der Waals surface area contributed by atoms with Gasteiger partial charge in [0.15, 0.2) is 0 Å². The molecule has 1 atom stereocenters. The summed E-state index contributed by atoms with van der Waals surface area (Å²) in [7, 11) is 1.58. The minimum Gasteiger partial charge on any atom is -0.495 e. The maximum Gasteiger partial charge on any atom is 0.138 e. The molecule has 2 N–H and O–H groups in total. The van der Waals surface area contributed by atoms with E-state index in [1.54, 1.807) is 13.2 Å². The second-order valence-electron chi connectivity index (χ2n) is 4.30. The summed E-state index contributed by atoms with van der Waals surface area (Å²) in [5.74, 6) is 1.23. The van der Waals surface area contributed by atoms with Gasteiger partial charge in [0.25, 0.3) is 0 Å². The van der Waals surface area contributed by atoms with Crippen LogP contribution in [0.2, 0.25) is 10.0 Å². The van der Waals surface area contributed by atoms with Gasteiger partial charge in [0.1, 0.15) is 5.75 Å². The van der Waals surface area contributed by atoms with Gasteiger partial charge in [-0.15, -0.1) is 0 Å². The fraction of sp³-hybridized carbons (Fsp3) is 0.538. The van der Waals surface area contributed by atoms with E-state index in [0.717, 1.165) is 31.4 Å². The van der Waals surface area contributed by atoms with Crippen LogP contribution in [0.3, 0.4) is 0 Å². The normalized spacial score (nSPS) is 12.5. The fourth-order valence-corrected chi connectivity index (χ4v) is 2.26. The van der Waals surface area contributed by atoms with Crippen molar-refractivity contribution in [2.45, 2.75) is 26.2 Å². The van der Waals surface area contributed by atoms with Gasteiger partial charge < -0.3 is 10.5 Å². The number of rotatable bonds is 6. The molecule has 0 radical (unpaired) electrons. The molecule has 17 heavy (non-hydrogen) atoms. The number of hydrogen-bond donors (Lipinski definition) is 1. The predicted molar refractivity (Wildman–Crippen MR) is 74.2 cm³/mol. The molecule has 0 saturated carbocycles. The summed E-state index contributed by atoms with van der Waals surface area (Å²) in [6.45, 7) is 2.93. The van der Waals surface area contributed by atoms with Crippen molar-refractivity contribution < 1.29 is 4.74 Å². The zero-order valence-corrected chi connectivity index (χ0v) is 11.8. The van der Waals surface area contributed by atoms with Gasteiger partial charge in [-0.05, 0) is 43.4 Å². The van der Waals surface area contributed by atoms with Crippen LogP contribution >= 0.6 is 23.2 Å². The second kappa shape index (κ2) is 7.10. The Morgan fingerprint density at radius 1 is 1.24 bits per heavy atom. The van der Waals surface area contributed by atoms with Gasteiger partial charge in [0.05, 0.1) is 12.1 Å². The Balaban J connectivity index is 2.68. The molecule has 0 aliphatic heterocycles. The molecule has 96 valence electrons. The first-order chi connectivity index (χ1) is 8.08. The van der Waals surface area contributed by atoms with E-state index in [-0.39, 0.29) is 0 Å². The maximum atomic E-state index is 6.18. The molecule has 0 saturated heterocycles. The van der Waals surface area contributed by atoms with E-state index < -0.39 is 0 Å². The third-order valence-electron chi connectivity index (χ3n) is 2.89.